The molecule has 1 saturated carbocycles. The number of carbonyl (C=O) groups excluding carboxylic acids is 2. The number of nitrogens with two attached hydrogens (primary N) is 1. The third-order valence-corrected chi connectivity index (χ3v) is 6.37. The van der Waals surface area contributed by atoms with Crippen LogP contribution in [0.1, 0.15) is 49.9 Å². The number of rotatable bonds is 6. The first kappa shape index (κ1) is 19.4. The Morgan fingerprint density at radius 1 is 1.16 bits per heavy atom. The smallest absolute Gasteiger partial charge is 0.248 e. The van der Waals surface area contributed by atoms with E-state index in [0.29, 0.717) is 36.9 Å². The lowest BCUT2D eigenvalue weighted by molar-refractivity contribution is -0.120. The van der Waals surface area contributed by atoms with Gasteiger partial charge in [-0.1, -0.05) is 6.07 Å². The standard InChI is InChI=1S/C17H25N3O4S/c1-11(2)25(23,24)20-14-8-6-12(7-9-14)17(22)19-15-5-3-4-13(10-15)16(18)21/h3-5,10-12,14,20H,6-9H2,1-2H3,(H2,18,21)(H,19,22). The average Bonchev–Trinajstić information content (AvgIpc) is 2.55. The van der Waals surface area contributed by atoms with Crippen LogP contribution in [-0.4, -0.2) is 31.5 Å². The van der Waals surface area contributed by atoms with Gasteiger partial charge in [0.25, 0.3) is 0 Å². The Morgan fingerprint density at radius 3 is 2.36 bits per heavy atom. The van der Waals surface area contributed by atoms with Crippen molar-refractivity contribution in [2.75, 3.05) is 5.32 Å². The Labute approximate surface area is 148 Å². The number of anilines is 1. The van der Waals surface area contributed by atoms with Crippen LogP contribution in [0.3, 0.4) is 0 Å². The molecule has 8 heteroatoms. The highest BCUT2D eigenvalue weighted by Crippen LogP contribution is 2.26. The van der Waals surface area contributed by atoms with E-state index in [1.54, 1.807) is 38.1 Å². The Bertz CT molecular complexity index is 738. The minimum atomic E-state index is -3.29. The van der Waals surface area contributed by atoms with Crippen molar-refractivity contribution in [3.8, 4) is 0 Å². The van der Waals surface area contributed by atoms with Gasteiger partial charge in [0.15, 0.2) is 0 Å². The van der Waals surface area contributed by atoms with Gasteiger partial charge in [-0.05, 0) is 57.7 Å². The molecule has 25 heavy (non-hydrogen) atoms. The summed E-state index contributed by atoms with van der Waals surface area (Å²) in [6, 6.07) is 6.38. The first-order chi connectivity index (χ1) is 11.7. The molecule has 1 aromatic carbocycles. The second kappa shape index (κ2) is 7.97. The normalized spacial score (nSPS) is 21.1. The molecule has 1 aliphatic carbocycles. The Morgan fingerprint density at radius 2 is 1.80 bits per heavy atom. The van der Waals surface area contributed by atoms with E-state index >= 15 is 0 Å². The lowest BCUT2D eigenvalue weighted by atomic mass is 9.86. The molecular formula is C17H25N3O4S. The van der Waals surface area contributed by atoms with Crippen molar-refractivity contribution in [2.24, 2.45) is 11.7 Å². The monoisotopic (exact) mass is 367 g/mol. The molecule has 0 heterocycles. The van der Waals surface area contributed by atoms with Crippen LogP contribution in [0.4, 0.5) is 5.69 Å². The van der Waals surface area contributed by atoms with Gasteiger partial charge in [0, 0.05) is 23.2 Å². The molecule has 0 bridgehead atoms. The fraction of sp³-hybridized carbons (Fsp3) is 0.529. The molecule has 7 nitrogen and oxygen atoms in total. The molecule has 1 aromatic rings. The number of nitrogens with one attached hydrogen (secondary N) is 2. The molecule has 0 aliphatic heterocycles. The first-order valence-electron chi connectivity index (χ1n) is 8.41. The van der Waals surface area contributed by atoms with E-state index in [1.807, 2.05) is 0 Å². The molecule has 0 saturated heterocycles. The van der Waals surface area contributed by atoms with Gasteiger partial charge in [0.1, 0.15) is 0 Å². The number of primary amides is 1. The molecule has 4 N–H and O–H groups in total. The lowest BCUT2D eigenvalue weighted by Gasteiger charge is -2.28. The predicted octanol–water partition coefficient (Wildman–Crippen LogP) is 1.61. The molecule has 2 amide bonds. The van der Waals surface area contributed by atoms with Crippen molar-refractivity contribution >= 4 is 27.5 Å². The van der Waals surface area contributed by atoms with Crippen molar-refractivity contribution in [1.29, 1.82) is 0 Å². The van der Waals surface area contributed by atoms with Crippen molar-refractivity contribution in [3.63, 3.8) is 0 Å². The predicted molar refractivity (Wildman–Crippen MR) is 96.5 cm³/mol. The van der Waals surface area contributed by atoms with Crippen molar-refractivity contribution in [1.82, 2.24) is 4.72 Å². The van der Waals surface area contributed by atoms with E-state index in [1.165, 1.54) is 0 Å². The highest BCUT2D eigenvalue weighted by Gasteiger charge is 2.29. The Balaban J connectivity index is 1.89. The summed E-state index contributed by atoms with van der Waals surface area (Å²) in [5.74, 6) is -0.835. The number of amides is 2. The average molecular weight is 367 g/mol. The van der Waals surface area contributed by atoms with Crippen LogP contribution in [-0.2, 0) is 14.8 Å². The Kier molecular flexibility index (Phi) is 6.18. The van der Waals surface area contributed by atoms with E-state index < -0.39 is 21.2 Å². The van der Waals surface area contributed by atoms with Gasteiger partial charge in [-0.2, -0.15) is 0 Å². The number of hydrogen-bond donors (Lipinski definition) is 3. The van der Waals surface area contributed by atoms with Crippen LogP contribution in [0, 0.1) is 5.92 Å². The molecule has 0 atom stereocenters. The summed E-state index contributed by atoms with van der Waals surface area (Å²) in [6.45, 7) is 3.28. The van der Waals surface area contributed by atoms with Crippen molar-refractivity contribution in [2.45, 2.75) is 50.8 Å². The zero-order chi connectivity index (χ0) is 18.6. The third kappa shape index (κ3) is 5.27. The van der Waals surface area contributed by atoms with E-state index in [9.17, 15) is 18.0 Å². The zero-order valence-electron chi connectivity index (χ0n) is 14.5. The van der Waals surface area contributed by atoms with Gasteiger partial charge in [-0.3, -0.25) is 9.59 Å². The molecule has 2 rings (SSSR count). The summed E-state index contributed by atoms with van der Waals surface area (Å²) in [6.07, 6.45) is 2.50. The highest BCUT2D eigenvalue weighted by molar-refractivity contribution is 7.90. The molecule has 1 aliphatic rings. The maximum atomic E-state index is 12.4. The van der Waals surface area contributed by atoms with Crippen LogP contribution in [0.2, 0.25) is 0 Å². The largest absolute Gasteiger partial charge is 0.366 e. The summed E-state index contributed by atoms with van der Waals surface area (Å²) in [5.41, 5.74) is 6.10. The third-order valence-electron chi connectivity index (χ3n) is 4.46. The molecule has 0 spiro atoms. The van der Waals surface area contributed by atoms with Crippen molar-refractivity contribution < 1.29 is 18.0 Å². The number of sulfonamides is 1. The molecule has 1 fully saturated rings. The van der Waals surface area contributed by atoms with Gasteiger partial charge >= 0.3 is 0 Å². The molecule has 0 aromatic heterocycles. The van der Waals surface area contributed by atoms with Crippen LogP contribution < -0.4 is 15.8 Å². The molecular weight excluding hydrogens is 342 g/mol. The maximum Gasteiger partial charge on any atom is 0.248 e. The quantitative estimate of drug-likeness (QED) is 0.708. The van der Waals surface area contributed by atoms with Gasteiger partial charge in [0.05, 0.1) is 5.25 Å². The van der Waals surface area contributed by atoms with Crippen molar-refractivity contribution in [3.05, 3.63) is 29.8 Å². The second-order valence-corrected chi connectivity index (χ2v) is 8.96. The van der Waals surface area contributed by atoms with Gasteiger partial charge < -0.3 is 11.1 Å². The topological polar surface area (TPSA) is 118 Å². The minimum Gasteiger partial charge on any atom is -0.366 e. The summed E-state index contributed by atoms with van der Waals surface area (Å²) in [7, 11) is -3.29. The van der Waals surface area contributed by atoms with Crippen LogP contribution in [0.15, 0.2) is 24.3 Å². The van der Waals surface area contributed by atoms with Gasteiger partial charge in [0.2, 0.25) is 21.8 Å². The number of carbonyl (C=O) groups is 2. The molecule has 0 radical (unpaired) electrons. The first-order valence-corrected chi connectivity index (χ1v) is 9.95. The molecule has 138 valence electrons. The highest BCUT2D eigenvalue weighted by atomic mass is 32.2. The van der Waals surface area contributed by atoms with E-state index in [4.69, 9.17) is 5.73 Å². The fourth-order valence-electron chi connectivity index (χ4n) is 2.84. The number of hydrogen-bond acceptors (Lipinski definition) is 4. The maximum absolute atomic E-state index is 12.4. The fourth-order valence-corrected chi connectivity index (χ4v) is 3.81. The van der Waals surface area contributed by atoms with Crippen LogP contribution in [0.5, 0.6) is 0 Å². The summed E-state index contributed by atoms with van der Waals surface area (Å²) >= 11 is 0. The van der Waals surface area contributed by atoms with Gasteiger partial charge in [-0.25, -0.2) is 13.1 Å². The summed E-state index contributed by atoms with van der Waals surface area (Å²) < 4.78 is 26.5. The van der Waals surface area contributed by atoms with Crippen LogP contribution >= 0.6 is 0 Å². The van der Waals surface area contributed by atoms with Gasteiger partial charge in [-0.15, -0.1) is 0 Å². The summed E-state index contributed by atoms with van der Waals surface area (Å²) in [4.78, 5) is 23.6. The van der Waals surface area contributed by atoms with E-state index in [0.717, 1.165) is 0 Å². The lowest BCUT2D eigenvalue weighted by Crippen LogP contribution is -2.42. The summed E-state index contributed by atoms with van der Waals surface area (Å²) in [5, 5.41) is 2.34. The minimum absolute atomic E-state index is 0.116. The van der Waals surface area contributed by atoms with E-state index in [2.05, 4.69) is 10.0 Å². The van der Waals surface area contributed by atoms with E-state index in [-0.39, 0.29) is 17.9 Å². The SMILES string of the molecule is CC(C)S(=O)(=O)NC1CCC(C(=O)Nc2cccc(C(N)=O)c2)CC1. The van der Waals surface area contributed by atoms with Crippen LogP contribution in [0.25, 0.3) is 0 Å². The zero-order valence-corrected chi connectivity index (χ0v) is 15.3. The second-order valence-electron chi connectivity index (χ2n) is 6.69. The number of benzene rings is 1. The molecule has 0 unspecified atom stereocenters. The Hall–Kier alpha value is -1.93.